The first-order valence-corrected chi connectivity index (χ1v) is 11.4. The van der Waals surface area contributed by atoms with Crippen LogP contribution in [0.4, 0.5) is 0 Å². The highest BCUT2D eigenvalue weighted by molar-refractivity contribution is 7.25. The summed E-state index contributed by atoms with van der Waals surface area (Å²) in [6.45, 7) is 0. The molecule has 2 aromatic heterocycles. The lowest BCUT2D eigenvalue weighted by atomic mass is 10.0. The van der Waals surface area contributed by atoms with E-state index in [9.17, 15) is 0 Å². The molecule has 6 rings (SSSR count). The molecular formula is C28H20N2S. The molecular weight excluding hydrogens is 396 g/mol. The molecule has 0 atom stereocenters. The summed E-state index contributed by atoms with van der Waals surface area (Å²) in [6.07, 6.45) is 8.84. The van der Waals surface area contributed by atoms with Gasteiger partial charge in [-0.1, -0.05) is 78.9 Å². The molecule has 31 heavy (non-hydrogen) atoms. The summed E-state index contributed by atoms with van der Waals surface area (Å²) in [5.74, 6) is 0.783. The molecule has 0 radical (unpaired) electrons. The van der Waals surface area contributed by atoms with Gasteiger partial charge in [0.2, 0.25) is 0 Å². The van der Waals surface area contributed by atoms with Gasteiger partial charge in [-0.3, -0.25) is 0 Å². The van der Waals surface area contributed by atoms with Crippen LogP contribution in [0.1, 0.15) is 18.5 Å². The van der Waals surface area contributed by atoms with Crippen molar-refractivity contribution >= 4 is 37.1 Å². The van der Waals surface area contributed by atoms with Crippen molar-refractivity contribution in [1.29, 1.82) is 0 Å². The number of rotatable bonds is 3. The normalized spacial score (nSPS) is 13.6. The maximum Gasteiger partial charge on any atom is 0.161 e. The van der Waals surface area contributed by atoms with Crippen LogP contribution in [0.15, 0.2) is 97.1 Å². The van der Waals surface area contributed by atoms with Crippen LogP contribution >= 0.6 is 11.3 Å². The first kappa shape index (κ1) is 18.2. The second-order valence-electron chi connectivity index (χ2n) is 7.74. The van der Waals surface area contributed by atoms with Crippen molar-refractivity contribution in [3.05, 3.63) is 103 Å². The van der Waals surface area contributed by atoms with Crippen LogP contribution in [0.5, 0.6) is 0 Å². The minimum Gasteiger partial charge on any atom is -0.228 e. The Morgan fingerprint density at radius 1 is 0.710 bits per heavy atom. The Kier molecular flexibility index (Phi) is 4.47. The average Bonchev–Trinajstić information content (AvgIpc) is 3.24. The van der Waals surface area contributed by atoms with Gasteiger partial charge in [-0.15, -0.1) is 11.3 Å². The van der Waals surface area contributed by atoms with Crippen LogP contribution in [0.3, 0.4) is 0 Å². The van der Waals surface area contributed by atoms with E-state index in [0.717, 1.165) is 41.2 Å². The topological polar surface area (TPSA) is 25.8 Å². The molecule has 5 aromatic rings. The van der Waals surface area contributed by atoms with E-state index in [0.29, 0.717) is 0 Å². The monoisotopic (exact) mass is 416 g/mol. The van der Waals surface area contributed by atoms with Gasteiger partial charge in [0.05, 0.1) is 11.4 Å². The third kappa shape index (κ3) is 3.28. The second-order valence-corrected chi connectivity index (χ2v) is 8.83. The summed E-state index contributed by atoms with van der Waals surface area (Å²) in [5.41, 5.74) is 5.31. The van der Waals surface area contributed by atoms with Crippen molar-refractivity contribution in [3.63, 3.8) is 0 Å². The fourth-order valence-corrected chi connectivity index (χ4v) is 5.37. The number of allylic oxidation sites excluding steroid dienone is 4. The van der Waals surface area contributed by atoms with Crippen LogP contribution < -0.4 is 0 Å². The molecule has 3 aromatic carbocycles. The standard InChI is InChI=1S/C28H20N2S/c1-3-10-19(11-4-1)23-18-24(20-12-5-2-6-13-20)30-28(29-23)22-15-9-17-26-27(22)21-14-7-8-16-25(21)31-26/h1,3-5,7-18H,2,6H2. The molecule has 0 saturated heterocycles. The molecule has 0 fully saturated rings. The summed E-state index contributed by atoms with van der Waals surface area (Å²) in [6, 6.07) is 27.6. The zero-order valence-corrected chi connectivity index (χ0v) is 17.8. The highest BCUT2D eigenvalue weighted by Gasteiger charge is 2.16. The van der Waals surface area contributed by atoms with Crippen LogP contribution in [-0.2, 0) is 0 Å². The van der Waals surface area contributed by atoms with E-state index >= 15 is 0 Å². The summed E-state index contributed by atoms with van der Waals surface area (Å²) < 4.78 is 2.56. The molecule has 1 aliphatic carbocycles. The van der Waals surface area contributed by atoms with Crippen molar-refractivity contribution in [2.75, 3.05) is 0 Å². The second kappa shape index (κ2) is 7.60. The molecule has 0 N–H and O–H groups in total. The molecule has 1 aliphatic rings. The smallest absolute Gasteiger partial charge is 0.161 e. The van der Waals surface area contributed by atoms with E-state index in [1.807, 2.05) is 17.4 Å². The highest BCUT2D eigenvalue weighted by Crippen LogP contribution is 2.39. The highest BCUT2D eigenvalue weighted by atomic mass is 32.1. The van der Waals surface area contributed by atoms with Crippen LogP contribution in [0.25, 0.3) is 48.4 Å². The van der Waals surface area contributed by atoms with E-state index in [1.54, 1.807) is 0 Å². The maximum absolute atomic E-state index is 5.06. The summed E-state index contributed by atoms with van der Waals surface area (Å²) in [5, 5.41) is 2.51. The fraction of sp³-hybridized carbons (Fsp3) is 0.0714. The van der Waals surface area contributed by atoms with E-state index in [4.69, 9.17) is 9.97 Å². The van der Waals surface area contributed by atoms with E-state index < -0.39 is 0 Å². The number of benzene rings is 3. The quantitative estimate of drug-likeness (QED) is 0.299. The number of hydrogen-bond donors (Lipinski definition) is 0. The van der Waals surface area contributed by atoms with E-state index in [-0.39, 0.29) is 0 Å². The summed E-state index contributed by atoms with van der Waals surface area (Å²) in [4.78, 5) is 10.1. The molecule has 0 aliphatic heterocycles. The van der Waals surface area contributed by atoms with Gasteiger partial charge < -0.3 is 0 Å². The van der Waals surface area contributed by atoms with Crippen molar-refractivity contribution in [3.8, 4) is 22.6 Å². The molecule has 0 spiro atoms. The van der Waals surface area contributed by atoms with Crippen LogP contribution in [0, 0.1) is 0 Å². The van der Waals surface area contributed by atoms with Crippen LogP contribution in [0.2, 0.25) is 0 Å². The Bertz CT molecular complexity index is 1480. The minimum absolute atomic E-state index is 0.783. The van der Waals surface area contributed by atoms with Gasteiger partial charge in [-0.25, -0.2) is 9.97 Å². The Morgan fingerprint density at radius 2 is 1.52 bits per heavy atom. The van der Waals surface area contributed by atoms with E-state index in [2.05, 4.69) is 91.0 Å². The van der Waals surface area contributed by atoms with Crippen molar-refractivity contribution < 1.29 is 0 Å². The Hall–Kier alpha value is -3.56. The van der Waals surface area contributed by atoms with Gasteiger partial charge in [-0.05, 0) is 36.6 Å². The summed E-state index contributed by atoms with van der Waals surface area (Å²) >= 11 is 1.83. The lowest BCUT2D eigenvalue weighted by molar-refractivity contribution is 1.03. The number of hydrogen-bond acceptors (Lipinski definition) is 3. The van der Waals surface area contributed by atoms with Gasteiger partial charge in [0.15, 0.2) is 5.82 Å². The van der Waals surface area contributed by atoms with E-state index in [1.165, 1.54) is 25.7 Å². The van der Waals surface area contributed by atoms with Crippen molar-refractivity contribution in [2.45, 2.75) is 12.8 Å². The number of nitrogens with zero attached hydrogens (tertiary/aromatic N) is 2. The zero-order chi connectivity index (χ0) is 20.6. The molecule has 0 bridgehead atoms. The van der Waals surface area contributed by atoms with Gasteiger partial charge in [-0.2, -0.15) is 0 Å². The Labute approximate surface area is 185 Å². The van der Waals surface area contributed by atoms with Crippen LogP contribution in [-0.4, -0.2) is 9.97 Å². The van der Waals surface area contributed by atoms with Crippen molar-refractivity contribution in [2.24, 2.45) is 0 Å². The lowest BCUT2D eigenvalue weighted by Crippen LogP contribution is -1.99. The molecule has 0 saturated carbocycles. The predicted molar refractivity (Wildman–Crippen MR) is 132 cm³/mol. The van der Waals surface area contributed by atoms with Gasteiger partial charge in [0, 0.05) is 31.3 Å². The fourth-order valence-electron chi connectivity index (χ4n) is 4.24. The molecule has 3 heteroatoms. The maximum atomic E-state index is 5.06. The largest absolute Gasteiger partial charge is 0.228 e. The Morgan fingerprint density at radius 3 is 2.39 bits per heavy atom. The van der Waals surface area contributed by atoms with Gasteiger partial charge in [0.1, 0.15) is 0 Å². The number of fused-ring (bicyclic) bond motifs is 3. The number of aromatic nitrogens is 2. The number of thiophene rings is 1. The zero-order valence-electron chi connectivity index (χ0n) is 17.0. The SMILES string of the molecule is C1=CC(c2cc(-c3ccccc3)nc(-c3cccc4sc5ccccc5c34)n2)=CCC1. The predicted octanol–water partition coefficient (Wildman–Crippen LogP) is 7.91. The summed E-state index contributed by atoms with van der Waals surface area (Å²) in [7, 11) is 0. The van der Waals surface area contributed by atoms with Gasteiger partial charge >= 0.3 is 0 Å². The minimum atomic E-state index is 0.783. The van der Waals surface area contributed by atoms with Crippen molar-refractivity contribution in [1.82, 2.24) is 9.97 Å². The third-order valence-electron chi connectivity index (χ3n) is 5.73. The molecule has 2 nitrogen and oxygen atoms in total. The first-order chi connectivity index (χ1) is 15.4. The first-order valence-electron chi connectivity index (χ1n) is 10.6. The molecule has 148 valence electrons. The Balaban J connectivity index is 1.63. The average molecular weight is 417 g/mol. The molecule has 0 unspecified atom stereocenters. The van der Waals surface area contributed by atoms with Gasteiger partial charge in [0.25, 0.3) is 0 Å². The molecule has 2 heterocycles. The third-order valence-corrected chi connectivity index (χ3v) is 6.87. The lowest BCUT2D eigenvalue weighted by Gasteiger charge is -2.12. The molecule has 0 amide bonds.